The molecule has 0 aliphatic rings. The maximum atomic E-state index is 11.2. The molecule has 0 N–H and O–H groups in total. The van der Waals surface area contributed by atoms with Gasteiger partial charge in [-0.3, -0.25) is 0 Å². The zero-order chi connectivity index (χ0) is 13.6. The second kappa shape index (κ2) is 7.37. The third-order valence-corrected chi connectivity index (χ3v) is 1.39. The van der Waals surface area contributed by atoms with Crippen LogP contribution in [0, 0.1) is 0 Å². The first-order valence-corrected chi connectivity index (χ1v) is 4.39. The molecule has 16 heavy (non-hydrogen) atoms. The summed E-state index contributed by atoms with van der Waals surface area (Å²) in [7, 11) is 0. The molecule has 0 fully saturated rings. The topological polar surface area (TPSA) is 0 Å². The fraction of sp³-hybridized carbons (Fsp3) is 1.00. The van der Waals surface area contributed by atoms with Crippen LogP contribution in [0.5, 0.6) is 0 Å². The highest BCUT2D eigenvalue weighted by molar-refractivity contribution is 6.21. The van der Waals surface area contributed by atoms with Crippen LogP contribution >= 0.6 is 23.2 Å². The number of halogens is 10. The molecule has 2 atom stereocenters. The van der Waals surface area contributed by atoms with Crippen LogP contribution < -0.4 is 0 Å². The van der Waals surface area contributed by atoms with Gasteiger partial charge in [0.05, 0.1) is 6.42 Å². The van der Waals surface area contributed by atoms with Crippen molar-refractivity contribution in [1.82, 2.24) is 0 Å². The SMILES string of the molecule is FC(Cl)CC(F)(F)F.FCC(Cl)C(F)(F)F. The molecular weight excluding hydrogens is 295 g/mol. The average Bonchev–Trinajstić information content (AvgIpc) is 1.97. The van der Waals surface area contributed by atoms with Crippen molar-refractivity contribution in [2.24, 2.45) is 0 Å². The number of alkyl halides is 10. The molecule has 2 unspecified atom stereocenters. The molecule has 0 bridgehead atoms. The maximum Gasteiger partial charge on any atom is 0.407 e. The Hall–Kier alpha value is 0.0200. The van der Waals surface area contributed by atoms with Gasteiger partial charge in [0.25, 0.3) is 0 Å². The summed E-state index contributed by atoms with van der Waals surface area (Å²) in [6, 6.07) is 0. The molecule has 0 spiro atoms. The van der Waals surface area contributed by atoms with Crippen molar-refractivity contribution in [2.75, 3.05) is 6.67 Å². The molecule has 0 aromatic heterocycles. The maximum absolute atomic E-state index is 11.2. The number of rotatable bonds is 2. The molecule has 0 aliphatic heterocycles. The van der Waals surface area contributed by atoms with E-state index < -0.39 is 36.5 Å². The summed E-state index contributed by atoms with van der Waals surface area (Å²) >= 11 is 8.82. The highest BCUT2D eigenvalue weighted by Gasteiger charge is 2.37. The van der Waals surface area contributed by atoms with Crippen LogP contribution in [-0.2, 0) is 0 Å². The molecule has 10 heteroatoms. The quantitative estimate of drug-likeness (QED) is 0.516. The molecule has 0 heterocycles. The first kappa shape index (κ1) is 18.4. The van der Waals surface area contributed by atoms with Gasteiger partial charge < -0.3 is 0 Å². The van der Waals surface area contributed by atoms with Gasteiger partial charge in [0.15, 0.2) is 11.0 Å². The zero-order valence-electron chi connectivity index (χ0n) is 7.35. The van der Waals surface area contributed by atoms with Gasteiger partial charge >= 0.3 is 12.4 Å². The molecule has 100 valence electrons. The van der Waals surface area contributed by atoms with E-state index in [9.17, 15) is 35.1 Å². The van der Waals surface area contributed by atoms with Crippen molar-refractivity contribution >= 4 is 23.2 Å². The van der Waals surface area contributed by atoms with Crippen molar-refractivity contribution in [3.8, 4) is 0 Å². The lowest BCUT2D eigenvalue weighted by molar-refractivity contribution is -0.140. The van der Waals surface area contributed by atoms with Crippen LogP contribution in [0.2, 0.25) is 0 Å². The van der Waals surface area contributed by atoms with Crippen molar-refractivity contribution in [3.63, 3.8) is 0 Å². The molecule has 0 saturated heterocycles. The van der Waals surface area contributed by atoms with Crippen LogP contribution in [0.3, 0.4) is 0 Å². The average molecular weight is 301 g/mol. The lowest BCUT2D eigenvalue weighted by atomic mass is 10.5. The Bertz CT molecular complexity index is 174. The van der Waals surface area contributed by atoms with Gasteiger partial charge in [-0.2, -0.15) is 26.3 Å². The van der Waals surface area contributed by atoms with Gasteiger partial charge in [-0.25, -0.2) is 8.78 Å². The standard InChI is InChI=1S/2C3H3ClF4/c4-2(1-5)3(6,7)8;4-2(5)1-3(6,7)8/h2*2H,1H2. The summed E-state index contributed by atoms with van der Waals surface area (Å²) in [5.41, 5.74) is -2.31. The van der Waals surface area contributed by atoms with Crippen molar-refractivity contribution in [1.29, 1.82) is 0 Å². The molecule has 0 nitrogen and oxygen atoms in total. The lowest BCUT2D eigenvalue weighted by Crippen LogP contribution is -2.24. The van der Waals surface area contributed by atoms with Gasteiger partial charge in [0.2, 0.25) is 0 Å². The minimum absolute atomic E-state index is 1.56. The van der Waals surface area contributed by atoms with Gasteiger partial charge in [-0.15, -0.1) is 11.6 Å². The molecule has 0 aromatic rings. The Morgan fingerprint density at radius 2 is 1.31 bits per heavy atom. The van der Waals surface area contributed by atoms with E-state index in [2.05, 4.69) is 23.2 Å². The molecular formula is C6H6Cl2F8. The van der Waals surface area contributed by atoms with E-state index in [-0.39, 0.29) is 0 Å². The number of hydrogen-bond acceptors (Lipinski definition) is 0. The summed E-state index contributed by atoms with van der Waals surface area (Å²) in [6.07, 6.45) is -10.7. The largest absolute Gasteiger partial charge is 0.407 e. The van der Waals surface area contributed by atoms with Crippen molar-refractivity contribution < 1.29 is 35.1 Å². The van der Waals surface area contributed by atoms with E-state index in [0.29, 0.717) is 0 Å². The molecule has 0 saturated carbocycles. The highest BCUT2D eigenvalue weighted by atomic mass is 35.5. The Balaban J connectivity index is 0. The summed E-state index contributed by atoms with van der Waals surface area (Å²) in [6.45, 7) is -1.56. The predicted molar refractivity (Wildman–Crippen MR) is 43.1 cm³/mol. The minimum atomic E-state index is -4.60. The van der Waals surface area contributed by atoms with Gasteiger partial charge in [-0.1, -0.05) is 11.6 Å². The Kier molecular flexibility index (Phi) is 8.46. The summed E-state index contributed by atoms with van der Waals surface area (Å²) in [5, 5.41) is -2.34. The Morgan fingerprint density at radius 3 is 1.31 bits per heavy atom. The Labute approximate surface area is 95.5 Å². The van der Waals surface area contributed by atoms with E-state index in [4.69, 9.17) is 0 Å². The fourth-order valence-corrected chi connectivity index (χ4v) is 0.437. The summed E-state index contributed by atoms with van der Waals surface area (Å²) in [5.74, 6) is 0. The fourth-order valence-electron chi connectivity index (χ4n) is 0.262. The van der Waals surface area contributed by atoms with Crippen LogP contribution in [0.15, 0.2) is 0 Å². The van der Waals surface area contributed by atoms with E-state index in [1.165, 1.54) is 0 Å². The summed E-state index contributed by atoms with van der Waals surface area (Å²) in [4.78, 5) is 0. The predicted octanol–water partition coefficient (Wildman–Crippen LogP) is 4.60. The summed E-state index contributed by atoms with van der Waals surface area (Å²) < 4.78 is 88.5. The van der Waals surface area contributed by atoms with Crippen molar-refractivity contribution in [2.45, 2.75) is 29.8 Å². The molecule has 0 aromatic carbocycles. The minimum Gasteiger partial charge on any atom is -0.249 e. The normalized spacial score (nSPS) is 16.1. The Morgan fingerprint density at radius 1 is 0.938 bits per heavy atom. The van der Waals surface area contributed by atoms with Crippen LogP contribution in [0.1, 0.15) is 6.42 Å². The first-order chi connectivity index (χ1) is 6.90. The molecule has 0 amide bonds. The van der Waals surface area contributed by atoms with Gasteiger partial charge in [0.1, 0.15) is 6.67 Å². The van der Waals surface area contributed by atoms with E-state index >= 15 is 0 Å². The zero-order valence-corrected chi connectivity index (χ0v) is 8.86. The second-order valence-electron chi connectivity index (χ2n) is 2.37. The van der Waals surface area contributed by atoms with Crippen LogP contribution in [0.25, 0.3) is 0 Å². The third kappa shape index (κ3) is 14.0. The second-order valence-corrected chi connectivity index (χ2v) is 3.37. The lowest BCUT2D eigenvalue weighted by Gasteiger charge is -2.07. The smallest absolute Gasteiger partial charge is 0.249 e. The highest BCUT2D eigenvalue weighted by Crippen LogP contribution is 2.25. The van der Waals surface area contributed by atoms with Gasteiger partial charge in [0, 0.05) is 0 Å². The van der Waals surface area contributed by atoms with Crippen LogP contribution in [-0.4, -0.2) is 30.0 Å². The van der Waals surface area contributed by atoms with E-state index in [1.54, 1.807) is 0 Å². The molecule has 0 rings (SSSR count). The third-order valence-electron chi connectivity index (χ3n) is 0.876. The number of hydrogen-bond donors (Lipinski definition) is 0. The van der Waals surface area contributed by atoms with Crippen LogP contribution in [0.4, 0.5) is 35.1 Å². The van der Waals surface area contributed by atoms with Gasteiger partial charge in [-0.05, 0) is 0 Å². The molecule has 0 aliphatic carbocycles. The van der Waals surface area contributed by atoms with E-state index in [0.717, 1.165) is 0 Å². The monoisotopic (exact) mass is 300 g/mol. The van der Waals surface area contributed by atoms with Crippen molar-refractivity contribution in [3.05, 3.63) is 0 Å². The molecule has 0 radical (unpaired) electrons. The van der Waals surface area contributed by atoms with E-state index in [1.807, 2.05) is 0 Å². The first-order valence-electron chi connectivity index (χ1n) is 3.51.